The van der Waals surface area contributed by atoms with Gasteiger partial charge in [-0.1, -0.05) is 17.4 Å². The van der Waals surface area contributed by atoms with Gasteiger partial charge in [0.15, 0.2) is 4.96 Å². The summed E-state index contributed by atoms with van der Waals surface area (Å²) in [5.41, 5.74) is 0.764. The van der Waals surface area contributed by atoms with E-state index in [4.69, 9.17) is 4.74 Å². The predicted octanol–water partition coefficient (Wildman–Crippen LogP) is 3.06. The second-order valence-electron chi connectivity index (χ2n) is 9.16. The number of ether oxygens (including phenoxy) is 1. The summed E-state index contributed by atoms with van der Waals surface area (Å²) in [4.78, 5) is 6.35. The number of nitrogens with one attached hydrogen (secondary N) is 1. The van der Waals surface area contributed by atoms with Crippen LogP contribution in [-0.4, -0.2) is 47.3 Å². The summed E-state index contributed by atoms with van der Waals surface area (Å²) in [6.45, 7) is 5.39. The predicted molar refractivity (Wildman–Crippen MR) is 124 cm³/mol. The van der Waals surface area contributed by atoms with Crippen LogP contribution in [0.25, 0.3) is 4.96 Å². The Labute approximate surface area is 192 Å². The van der Waals surface area contributed by atoms with Crippen molar-refractivity contribution in [2.75, 3.05) is 7.11 Å². The number of hydrogen-bond donors (Lipinski definition) is 3. The fourth-order valence-corrected chi connectivity index (χ4v) is 7.05. The molecule has 0 amide bonds. The third kappa shape index (κ3) is 4.51. The minimum absolute atomic E-state index is 0.134. The molecular formula is C22H31N3O5S2. The molecule has 2 aromatic heterocycles. The average molecular weight is 482 g/mol. The van der Waals surface area contributed by atoms with Gasteiger partial charge in [-0.05, 0) is 59.0 Å². The zero-order valence-electron chi connectivity index (χ0n) is 18.8. The summed E-state index contributed by atoms with van der Waals surface area (Å²) in [6, 6.07) is -0.197. The van der Waals surface area contributed by atoms with Gasteiger partial charge in [-0.15, -0.1) is 0 Å². The van der Waals surface area contributed by atoms with Gasteiger partial charge in [-0.3, -0.25) is 4.40 Å². The third-order valence-electron chi connectivity index (χ3n) is 6.18. The van der Waals surface area contributed by atoms with Gasteiger partial charge in [0, 0.05) is 18.2 Å². The number of methoxy groups -OCH3 is 1. The number of allylic oxidation sites excluding steroid dienone is 2. The van der Waals surface area contributed by atoms with Gasteiger partial charge in [0.2, 0.25) is 10.0 Å². The smallest absolute Gasteiger partial charge is 0.244 e. The Kier molecular flexibility index (Phi) is 6.28. The van der Waals surface area contributed by atoms with Crippen LogP contribution in [0.4, 0.5) is 0 Å². The zero-order chi connectivity index (χ0) is 23.3. The van der Waals surface area contributed by atoms with E-state index in [9.17, 15) is 18.6 Å². The topological polar surface area (TPSA) is 113 Å². The van der Waals surface area contributed by atoms with E-state index in [2.05, 4.69) is 9.71 Å². The van der Waals surface area contributed by atoms with E-state index in [1.807, 2.05) is 23.6 Å². The monoisotopic (exact) mass is 481 g/mol. The highest BCUT2D eigenvalue weighted by molar-refractivity contribution is 7.93. The molecular weight excluding hydrogens is 450 g/mol. The van der Waals surface area contributed by atoms with E-state index >= 15 is 0 Å². The minimum Gasteiger partial charge on any atom is -0.496 e. The number of nitrogens with zero attached hydrogens (tertiary/aromatic N) is 2. The standard InChI is InChI=1S/C22H31N3O5S2/c1-13-20(25-12-19(22(2,3)27)31-21(25)23-13)14-5-10-17(30-4)18(11-14)32(28,29)24-15-6-8-16(26)9-7-15/h10-12,14-16,24,26-27H,5-9H2,1-4H3/t14?,15-,16-. The van der Waals surface area contributed by atoms with Crippen LogP contribution in [0.15, 0.2) is 29.0 Å². The number of aliphatic hydroxyl groups is 2. The molecule has 10 heteroatoms. The van der Waals surface area contributed by atoms with Crippen molar-refractivity contribution in [2.45, 2.75) is 76.5 Å². The quantitative estimate of drug-likeness (QED) is 0.584. The number of sulfonamides is 1. The summed E-state index contributed by atoms with van der Waals surface area (Å²) < 4.78 is 36.8. The van der Waals surface area contributed by atoms with Gasteiger partial charge in [-0.2, -0.15) is 0 Å². The largest absolute Gasteiger partial charge is 0.496 e. The second kappa shape index (κ2) is 8.57. The number of aromatic nitrogens is 2. The van der Waals surface area contributed by atoms with Gasteiger partial charge in [0.05, 0.1) is 35.1 Å². The molecule has 32 heavy (non-hydrogen) atoms. The number of aliphatic hydroxyl groups excluding tert-OH is 1. The molecule has 0 aromatic carbocycles. The van der Waals surface area contributed by atoms with E-state index in [0.717, 1.165) is 21.2 Å². The van der Waals surface area contributed by atoms with Crippen molar-refractivity contribution in [1.82, 2.24) is 14.1 Å². The van der Waals surface area contributed by atoms with Crippen molar-refractivity contribution in [2.24, 2.45) is 0 Å². The molecule has 0 saturated heterocycles. The van der Waals surface area contributed by atoms with Crippen molar-refractivity contribution in [3.63, 3.8) is 0 Å². The summed E-state index contributed by atoms with van der Waals surface area (Å²) in [5, 5.41) is 20.1. The molecule has 176 valence electrons. The molecule has 2 heterocycles. The maximum Gasteiger partial charge on any atom is 0.244 e. The van der Waals surface area contributed by atoms with Gasteiger partial charge in [0.1, 0.15) is 10.7 Å². The van der Waals surface area contributed by atoms with Crippen LogP contribution < -0.4 is 4.72 Å². The first-order valence-corrected chi connectivity index (χ1v) is 13.2. The Balaban J connectivity index is 1.69. The normalized spacial score (nSPS) is 25.0. The van der Waals surface area contributed by atoms with Crippen molar-refractivity contribution >= 4 is 26.3 Å². The first kappa shape index (κ1) is 23.4. The SMILES string of the molecule is COC1=CCC(c2c(C)nc3sc(C(C)(C)O)cn23)C=C1S(=O)(=O)N[C@H]1CC[C@H](O)CC1. The second-order valence-corrected chi connectivity index (χ2v) is 11.9. The zero-order valence-corrected chi connectivity index (χ0v) is 20.5. The maximum absolute atomic E-state index is 13.3. The van der Waals surface area contributed by atoms with Gasteiger partial charge in [0.25, 0.3) is 0 Å². The molecule has 3 N–H and O–H groups in total. The number of hydrogen-bond acceptors (Lipinski definition) is 7. The molecule has 0 radical (unpaired) electrons. The Morgan fingerprint density at radius 1 is 1.28 bits per heavy atom. The molecule has 0 bridgehead atoms. The lowest BCUT2D eigenvalue weighted by Gasteiger charge is -2.28. The van der Waals surface area contributed by atoms with Crippen LogP contribution in [0.1, 0.15) is 68.1 Å². The maximum atomic E-state index is 13.3. The number of rotatable bonds is 6. The Hall–Kier alpha value is -1.72. The summed E-state index contributed by atoms with van der Waals surface area (Å²) >= 11 is 1.43. The molecule has 1 atom stereocenters. The lowest BCUT2D eigenvalue weighted by Crippen LogP contribution is -2.39. The Bertz CT molecular complexity index is 1160. The lowest BCUT2D eigenvalue weighted by molar-refractivity contribution is 0.0822. The van der Waals surface area contributed by atoms with Gasteiger partial charge >= 0.3 is 0 Å². The molecule has 0 aliphatic heterocycles. The highest BCUT2D eigenvalue weighted by Gasteiger charge is 2.33. The molecule has 2 aromatic rings. The van der Waals surface area contributed by atoms with Gasteiger partial charge < -0.3 is 14.9 Å². The van der Waals surface area contributed by atoms with Crippen LogP contribution >= 0.6 is 11.3 Å². The fraction of sp³-hybridized carbons (Fsp3) is 0.591. The number of fused-ring (bicyclic) bond motifs is 1. The third-order valence-corrected chi connectivity index (χ3v) is 9.04. The molecule has 2 aliphatic carbocycles. The Morgan fingerprint density at radius 3 is 2.59 bits per heavy atom. The number of aryl methyl sites for hydroxylation is 1. The first-order valence-electron chi connectivity index (χ1n) is 10.9. The molecule has 1 saturated carbocycles. The highest BCUT2D eigenvalue weighted by atomic mass is 32.2. The van der Waals surface area contributed by atoms with Crippen LogP contribution in [0, 0.1) is 6.92 Å². The molecule has 0 spiro atoms. The van der Waals surface area contributed by atoms with Crippen molar-refractivity contribution in [1.29, 1.82) is 0 Å². The van der Waals surface area contributed by atoms with Crippen LogP contribution in [0.2, 0.25) is 0 Å². The lowest BCUT2D eigenvalue weighted by atomic mass is 9.94. The summed E-state index contributed by atoms with van der Waals surface area (Å²) in [7, 11) is -2.33. The number of imidazole rings is 1. The molecule has 4 rings (SSSR count). The first-order chi connectivity index (χ1) is 15.0. The van der Waals surface area contributed by atoms with E-state index in [0.29, 0.717) is 37.9 Å². The molecule has 1 unspecified atom stereocenters. The van der Waals surface area contributed by atoms with Crippen LogP contribution in [0.5, 0.6) is 0 Å². The summed E-state index contributed by atoms with van der Waals surface area (Å²) in [5.74, 6) is 0.137. The van der Waals surface area contributed by atoms with E-state index in [1.54, 1.807) is 19.9 Å². The average Bonchev–Trinajstić information content (AvgIpc) is 3.26. The summed E-state index contributed by atoms with van der Waals surface area (Å²) in [6.07, 6.45) is 8.09. The fourth-order valence-electron chi connectivity index (χ4n) is 4.44. The van der Waals surface area contributed by atoms with Crippen LogP contribution in [-0.2, 0) is 20.4 Å². The molecule has 1 fully saturated rings. The van der Waals surface area contributed by atoms with E-state index in [1.165, 1.54) is 18.4 Å². The van der Waals surface area contributed by atoms with E-state index < -0.39 is 15.6 Å². The van der Waals surface area contributed by atoms with Crippen LogP contribution in [0.3, 0.4) is 0 Å². The minimum atomic E-state index is -3.80. The highest BCUT2D eigenvalue weighted by Crippen LogP contribution is 2.38. The van der Waals surface area contributed by atoms with E-state index in [-0.39, 0.29) is 23.0 Å². The Morgan fingerprint density at radius 2 is 1.97 bits per heavy atom. The van der Waals surface area contributed by atoms with Crippen molar-refractivity contribution in [3.05, 3.63) is 45.3 Å². The van der Waals surface area contributed by atoms with Crippen molar-refractivity contribution in [3.8, 4) is 0 Å². The molecule has 8 nitrogen and oxygen atoms in total. The number of thiazole rings is 1. The van der Waals surface area contributed by atoms with Gasteiger partial charge in [-0.25, -0.2) is 18.1 Å². The van der Waals surface area contributed by atoms with Crippen molar-refractivity contribution < 1.29 is 23.4 Å². The molecule has 2 aliphatic rings.